The Hall–Kier alpha value is -4.66. The molecular weight excluding hydrogens is 412 g/mol. The van der Waals surface area contributed by atoms with Crippen LogP contribution in [0.3, 0.4) is 0 Å². The minimum Gasteiger partial charge on any atom is -0.192 e. The van der Waals surface area contributed by atoms with Crippen molar-refractivity contribution in [1.29, 1.82) is 10.5 Å². The van der Waals surface area contributed by atoms with Crippen molar-refractivity contribution >= 4 is 24.3 Å². The number of nitriles is 2. The summed E-state index contributed by atoms with van der Waals surface area (Å²) in [4.78, 5) is 0. The Morgan fingerprint density at radius 1 is 0.500 bits per heavy atom. The van der Waals surface area contributed by atoms with Gasteiger partial charge in [-0.2, -0.15) is 10.5 Å². The van der Waals surface area contributed by atoms with Gasteiger partial charge in [-0.25, -0.2) is 0 Å². The molecule has 4 aromatic carbocycles. The van der Waals surface area contributed by atoms with Crippen molar-refractivity contribution in [3.8, 4) is 23.3 Å². The largest absolute Gasteiger partial charge is 0.192 e. The molecule has 0 saturated heterocycles. The SMILES string of the molecule is Cc1cc(C#N)ccc1/C=C/c1ccc(-c2ccc(/C=C/c3ccc(C#N)cc3C)cc2)cc1. The van der Waals surface area contributed by atoms with Crippen molar-refractivity contribution in [2.45, 2.75) is 13.8 Å². The average molecular weight is 437 g/mol. The van der Waals surface area contributed by atoms with Gasteiger partial charge in [0.15, 0.2) is 0 Å². The number of benzene rings is 4. The van der Waals surface area contributed by atoms with Crippen LogP contribution in [0.25, 0.3) is 35.4 Å². The highest BCUT2D eigenvalue weighted by Gasteiger charge is 2.00. The summed E-state index contributed by atoms with van der Waals surface area (Å²) in [6.07, 6.45) is 8.36. The summed E-state index contributed by atoms with van der Waals surface area (Å²) in [5.74, 6) is 0. The average Bonchev–Trinajstić information content (AvgIpc) is 2.88. The lowest BCUT2D eigenvalue weighted by Gasteiger charge is -2.04. The van der Waals surface area contributed by atoms with Crippen molar-refractivity contribution in [2.75, 3.05) is 0 Å². The minimum atomic E-state index is 0.685. The first-order valence-electron chi connectivity index (χ1n) is 11.1. The zero-order valence-electron chi connectivity index (χ0n) is 19.3. The lowest BCUT2D eigenvalue weighted by molar-refractivity contribution is 1.40. The first-order valence-corrected chi connectivity index (χ1v) is 11.1. The van der Waals surface area contributed by atoms with Crippen LogP contribution in [0.5, 0.6) is 0 Å². The van der Waals surface area contributed by atoms with E-state index < -0.39 is 0 Å². The topological polar surface area (TPSA) is 47.6 Å². The molecule has 0 fully saturated rings. The maximum atomic E-state index is 9.02. The van der Waals surface area contributed by atoms with E-state index in [2.05, 4.69) is 85.0 Å². The van der Waals surface area contributed by atoms with Crippen LogP contribution in [0.4, 0.5) is 0 Å². The zero-order valence-corrected chi connectivity index (χ0v) is 19.3. The monoisotopic (exact) mass is 436 g/mol. The fourth-order valence-corrected chi connectivity index (χ4v) is 3.81. The minimum absolute atomic E-state index is 0.685. The Morgan fingerprint density at radius 3 is 1.21 bits per heavy atom. The number of rotatable bonds is 5. The van der Waals surface area contributed by atoms with Crippen molar-refractivity contribution in [3.63, 3.8) is 0 Å². The Labute approximate surface area is 201 Å². The van der Waals surface area contributed by atoms with Crippen molar-refractivity contribution in [2.24, 2.45) is 0 Å². The van der Waals surface area contributed by atoms with Crippen LogP contribution >= 0.6 is 0 Å². The number of aryl methyl sites for hydroxylation is 2. The van der Waals surface area contributed by atoms with Crippen molar-refractivity contribution in [1.82, 2.24) is 0 Å². The summed E-state index contributed by atoms with van der Waals surface area (Å²) in [5, 5.41) is 18.0. The molecule has 4 rings (SSSR count). The molecule has 2 nitrogen and oxygen atoms in total. The standard InChI is InChI=1S/C32H24N2/c1-23-19-27(21-33)9-13-29(23)11-3-25-5-15-31(16-6-25)32-17-7-26(8-18-32)4-12-30-14-10-28(22-34)20-24(30)2/h3-20H,1-2H3/b11-3+,12-4+. The molecule has 0 aromatic heterocycles. The van der Waals surface area contributed by atoms with Crippen molar-refractivity contribution in [3.05, 3.63) is 129 Å². The smallest absolute Gasteiger partial charge is 0.0991 e. The van der Waals surface area contributed by atoms with Gasteiger partial charge in [0.2, 0.25) is 0 Å². The van der Waals surface area contributed by atoms with Crippen LogP contribution in [0.1, 0.15) is 44.5 Å². The lowest BCUT2D eigenvalue weighted by atomic mass is 10.0. The van der Waals surface area contributed by atoms with Gasteiger partial charge in [-0.15, -0.1) is 0 Å². The molecular formula is C32H24N2. The summed E-state index contributed by atoms with van der Waals surface area (Å²) in [6.45, 7) is 4.04. The molecule has 0 unspecified atom stereocenters. The third-order valence-corrected chi connectivity index (χ3v) is 5.86. The van der Waals surface area contributed by atoms with Crippen LogP contribution < -0.4 is 0 Å². The van der Waals surface area contributed by atoms with Crippen LogP contribution in [-0.2, 0) is 0 Å². The van der Waals surface area contributed by atoms with E-state index in [0.717, 1.165) is 33.4 Å². The predicted octanol–water partition coefficient (Wildman–Crippen LogP) is 8.05. The summed E-state index contributed by atoms with van der Waals surface area (Å²) in [6, 6.07) is 32.8. The van der Waals surface area contributed by atoms with Crippen LogP contribution in [0, 0.1) is 36.5 Å². The van der Waals surface area contributed by atoms with Gasteiger partial charge >= 0.3 is 0 Å². The molecule has 4 aromatic rings. The summed E-state index contributed by atoms with van der Waals surface area (Å²) >= 11 is 0. The van der Waals surface area contributed by atoms with E-state index in [-0.39, 0.29) is 0 Å². The van der Waals surface area contributed by atoms with Gasteiger partial charge in [0.05, 0.1) is 23.3 Å². The molecule has 0 saturated carbocycles. The summed E-state index contributed by atoms with van der Waals surface area (Å²) < 4.78 is 0. The molecule has 34 heavy (non-hydrogen) atoms. The van der Waals surface area contributed by atoms with Gasteiger partial charge in [-0.3, -0.25) is 0 Å². The maximum absolute atomic E-state index is 9.02. The number of hydrogen-bond acceptors (Lipinski definition) is 2. The van der Waals surface area contributed by atoms with E-state index in [9.17, 15) is 0 Å². The molecule has 0 N–H and O–H groups in total. The van der Waals surface area contributed by atoms with Crippen LogP contribution in [-0.4, -0.2) is 0 Å². The Balaban J connectivity index is 1.44. The summed E-state index contributed by atoms with van der Waals surface area (Å²) in [5.41, 5.74) is 10.4. The molecule has 2 heteroatoms. The second-order valence-electron chi connectivity index (χ2n) is 8.28. The number of nitrogens with zero attached hydrogens (tertiary/aromatic N) is 2. The van der Waals surface area contributed by atoms with Gasteiger partial charge < -0.3 is 0 Å². The molecule has 0 atom stereocenters. The quantitative estimate of drug-likeness (QED) is 0.297. The van der Waals surface area contributed by atoms with Crippen LogP contribution in [0.2, 0.25) is 0 Å². The Bertz CT molecular complexity index is 1340. The van der Waals surface area contributed by atoms with Crippen molar-refractivity contribution < 1.29 is 0 Å². The molecule has 0 amide bonds. The summed E-state index contributed by atoms with van der Waals surface area (Å²) in [7, 11) is 0. The second kappa shape index (κ2) is 10.3. The van der Waals surface area contributed by atoms with E-state index >= 15 is 0 Å². The molecule has 0 spiro atoms. The van der Waals surface area contributed by atoms with Gasteiger partial charge in [0.1, 0.15) is 0 Å². The first-order chi connectivity index (χ1) is 16.6. The van der Waals surface area contributed by atoms with E-state index in [4.69, 9.17) is 10.5 Å². The third kappa shape index (κ3) is 5.39. The first kappa shape index (κ1) is 22.5. The highest BCUT2D eigenvalue weighted by Crippen LogP contribution is 2.23. The molecule has 0 radical (unpaired) electrons. The van der Waals surface area contributed by atoms with Gasteiger partial charge in [-0.05, 0) is 82.6 Å². The second-order valence-corrected chi connectivity index (χ2v) is 8.28. The molecule has 0 bridgehead atoms. The Morgan fingerprint density at radius 2 is 0.882 bits per heavy atom. The van der Waals surface area contributed by atoms with Gasteiger partial charge in [0, 0.05) is 0 Å². The van der Waals surface area contributed by atoms with E-state index in [1.54, 1.807) is 0 Å². The molecule has 0 aliphatic carbocycles. The molecule has 0 heterocycles. The molecule has 0 aliphatic rings. The zero-order chi connectivity index (χ0) is 23.9. The Kier molecular flexibility index (Phi) is 6.83. The van der Waals surface area contributed by atoms with E-state index in [1.807, 2.05) is 50.2 Å². The van der Waals surface area contributed by atoms with Gasteiger partial charge in [-0.1, -0.05) is 85.0 Å². The van der Waals surface area contributed by atoms with E-state index in [0.29, 0.717) is 11.1 Å². The predicted molar refractivity (Wildman–Crippen MR) is 142 cm³/mol. The molecule has 0 aliphatic heterocycles. The highest BCUT2D eigenvalue weighted by molar-refractivity contribution is 5.75. The lowest BCUT2D eigenvalue weighted by Crippen LogP contribution is -1.83. The van der Waals surface area contributed by atoms with Gasteiger partial charge in [0.25, 0.3) is 0 Å². The molecule has 162 valence electrons. The maximum Gasteiger partial charge on any atom is 0.0991 e. The van der Waals surface area contributed by atoms with E-state index in [1.165, 1.54) is 11.1 Å². The fourth-order valence-electron chi connectivity index (χ4n) is 3.81. The number of hydrogen-bond donors (Lipinski definition) is 0. The normalized spacial score (nSPS) is 10.9. The third-order valence-electron chi connectivity index (χ3n) is 5.86. The van der Waals surface area contributed by atoms with Crippen LogP contribution in [0.15, 0.2) is 84.9 Å². The fraction of sp³-hybridized carbons (Fsp3) is 0.0625. The highest BCUT2D eigenvalue weighted by atomic mass is 14.2.